The lowest BCUT2D eigenvalue weighted by atomic mass is 10.0. The summed E-state index contributed by atoms with van der Waals surface area (Å²) >= 11 is 0. The van der Waals surface area contributed by atoms with Crippen molar-refractivity contribution in [2.24, 2.45) is 5.92 Å². The maximum absolute atomic E-state index is 9.52. The van der Waals surface area contributed by atoms with Crippen molar-refractivity contribution in [3.05, 3.63) is 23.9 Å². The van der Waals surface area contributed by atoms with Crippen LogP contribution in [0.4, 0.5) is 5.82 Å². The van der Waals surface area contributed by atoms with Gasteiger partial charge in [-0.2, -0.15) is 0 Å². The molecule has 0 radical (unpaired) electrons. The van der Waals surface area contributed by atoms with Crippen molar-refractivity contribution in [1.29, 1.82) is 0 Å². The van der Waals surface area contributed by atoms with Crippen molar-refractivity contribution in [2.75, 3.05) is 18.8 Å². The molecule has 0 aromatic carbocycles. The van der Waals surface area contributed by atoms with Gasteiger partial charge in [0.25, 0.3) is 0 Å². The molecule has 2 atom stereocenters. The highest BCUT2D eigenvalue weighted by Crippen LogP contribution is 2.21. The molecular formula is C12H19N3O. The number of hydrogen-bond acceptors (Lipinski definition) is 4. The van der Waals surface area contributed by atoms with Gasteiger partial charge in [0.05, 0.1) is 11.8 Å². The first-order valence-electron chi connectivity index (χ1n) is 5.77. The number of hydrogen-bond donors (Lipinski definition) is 2. The fourth-order valence-corrected chi connectivity index (χ4v) is 2.22. The van der Waals surface area contributed by atoms with Gasteiger partial charge < -0.3 is 10.8 Å². The number of likely N-dealkylation sites (tertiary alicyclic amines) is 1. The first-order valence-corrected chi connectivity index (χ1v) is 5.77. The Labute approximate surface area is 96.1 Å². The normalized spacial score (nSPS) is 23.5. The van der Waals surface area contributed by atoms with E-state index in [9.17, 15) is 5.11 Å². The zero-order valence-corrected chi connectivity index (χ0v) is 9.63. The summed E-state index contributed by atoms with van der Waals surface area (Å²) in [5, 5.41) is 9.52. The minimum absolute atomic E-state index is 0.209. The fourth-order valence-electron chi connectivity index (χ4n) is 2.22. The molecule has 4 nitrogen and oxygen atoms in total. The summed E-state index contributed by atoms with van der Waals surface area (Å²) in [4.78, 5) is 6.60. The van der Waals surface area contributed by atoms with Crippen LogP contribution in [0.3, 0.4) is 0 Å². The van der Waals surface area contributed by atoms with Gasteiger partial charge in [0.15, 0.2) is 0 Å². The number of pyridine rings is 1. The Hall–Kier alpha value is -1.13. The summed E-state index contributed by atoms with van der Waals surface area (Å²) in [6.07, 6.45) is 0.860. The quantitative estimate of drug-likeness (QED) is 0.795. The van der Waals surface area contributed by atoms with Crippen LogP contribution in [-0.2, 0) is 6.54 Å². The van der Waals surface area contributed by atoms with Crippen LogP contribution in [0.5, 0.6) is 0 Å². The van der Waals surface area contributed by atoms with Crippen molar-refractivity contribution < 1.29 is 5.11 Å². The van der Waals surface area contributed by atoms with Gasteiger partial charge in [-0.25, -0.2) is 4.98 Å². The molecule has 88 valence electrons. The van der Waals surface area contributed by atoms with E-state index in [0.717, 1.165) is 31.7 Å². The van der Waals surface area contributed by atoms with Gasteiger partial charge in [-0.15, -0.1) is 0 Å². The summed E-state index contributed by atoms with van der Waals surface area (Å²) < 4.78 is 0. The van der Waals surface area contributed by atoms with E-state index in [1.54, 1.807) is 6.07 Å². The summed E-state index contributed by atoms with van der Waals surface area (Å²) in [6, 6.07) is 5.72. The zero-order chi connectivity index (χ0) is 11.5. The number of nitrogens with two attached hydrogens (primary N) is 1. The fraction of sp³-hybridized carbons (Fsp3) is 0.583. The van der Waals surface area contributed by atoms with E-state index >= 15 is 0 Å². The highest BCUT2D eigenvalue weighted by atomic mass is 16.3. The number of anilines is 1. The Morgan fingerprint density at radius 1 is 1.62 bits per heavy atom. The third-order valence-electron chi connectivity index (χ3n) is 3.20. The maximum Gasteiger partial charge on any atom is 0.123 e. The summed E-state index contributed by atoms with van der Waals surface area (Å²) in [5.74, 6) is 0.977. The molecule has 0 saturated carbocycles. The smallest absolute Gasteiger partial charge is 0.123 e. The van der Waals surface area contributed by atoms with E-state index in [1.165, 1.54) is 0 Å². The molecule has 0 spiro atoms. The van der Waals surface area contributed by atoms with Gasteiger partial charge in [0, 0.05) is 13.1 Å². The number of aliphatic hydroxyl groups excluding tert-OH is 1. The van der Waals surface area contributed by atoms with Gasteiger partial charge in [-0.3, -0.25) is 4.90 Å². The number of nitrogens with zero attached hydrogens (tertiary/aromatic N) is 2. The van der Waals surface area contributed by atoms with Gasteiger partial charge in [0.1, 0.15) is 5.82 Å². The van der Waals surface area contributed by atoms with E-state index in [1.807, 2.05) is 19.1 Å². The monoisotopic (exact) mass is 221 g/mol. The van der Waals surface area contributed by atoms with Crippen molar-refractivity contribution in [3.63, 3.8) is 0 Å². The standard InChI is InChI=1S/C12H19N3O/c1-9(16)10-5-6-15(7-10)8-11-3-2-4-12(13)14-11/h2-4,9-10,16H,5-8H2,1H3,(H2,13,14). The van der Waals surface area contributed by atoms with Crippen molar-refractivity contribution in [2.45, 2.75) is 26.0 Å². The number of nitrogen functional groups attached to an aromatic ring is 1. The second-order valence-corrected chi connectivity index (χ2v) is 4.58. The van der Waals surface area contributed by atoms with Gasteiger partial charge in [-0.05, 0) is 37.9 Å². The molecule has 1 saturated heterocycles. The highest BCUT2D eigenvalue weighted by Gasteiger charge is 2.25. The molecule has 1 aromatic heterocycles. The van der Waals surface area contributed by atoms with Crippen LogP contribution in [0.2, 0.25) is 0 Å². The van der Waals surface area contributed by atoms with E-state index in [4.69, 9.17) is 5.73 Å². The van der Waals surface area contributed by atoms with E-state index in [0.29, 0.717) is 11.7 Å². The van der Waals surface area contributed by atoms with Crippen LogP contribution < -0.4 is 5.73 Å². The molecule has 0 amide bonds. The third-order valence-corrected chi connectivity index (χ3v) is 3.20. The van der Waals surface area contributed by atoms with Gasteiger partial charge >= 0.3 is 0 Å². The molecule has 0 bridgehead atoms. The number of aromatic nitrogens is 1. The Kier molecular flexibility index (Phi) is 3.41. The second kappa shape index (κ2) is 4.80. The maximum atomic E-state index is 9.52. The highest BCUT2D eigenvalue weighted by molar-refractivity contribution is 5.28. The third kappa shape index (κ3) is 2.71. The lowest BCUT2D eigenvalue weighted by Gasteiger charge is -2.16. The van der Waals surface area contributed by atoms with Crippen LogP contribution >= 0.6 is 0 Å². The van der Waals surface area contributed by atoms with Crippen molar-refractivity contribution in [1.82, 2.24) is 9.88 Å². The lowest BCUT2D eigenvalue weighted by molar-refractivity contribution is 0.127. The number of rotatable bonds is 3. The Balaban J connectivity index is 1.92. The van der Waals surface area contributed by atoms with E-state index < -0.39 is 0 Å². The molecule has 0 aliphatic carbocycles. The molecular weight excluding hydrogens is 202 g/mol. The summed E-state index contributed by atoms with van der Waals surface area (Å²) in [5.41, 5.74) is 6.64. The Morgan fingerprint density at radius 2 is 2.44 bits per heavy atom. The average Bonchev–Trinajstić information content (AvgIpc) is 2.66. The lowest BCUT2D eigenvalue weighted by Crippen LogP contribution is -2.24. The SMILES string of the molecule is CC(O)C1CCN(Cc2cccc(N)n2)C1. The van der Waals surface area contributed by atoms with Gasteiger partial charge in [0.2, 0.25) is 0 Å². The zero-order valence-electron chi connectivity index (χ0n) is 9.63. The first kappa shape index (κ1) is 11.4. The molecule has 2 heterocycles. The van der Waals surface area contributed by atoms with Crippen molar-refractivity contribution >= 4 is 5.82 Å². The van der Waals surface area contributed by atoms with Crippen LogP contribution in [0.15, 0.2) is 18.2 Å². The molecule has 1 aliphatic heterocycles. The molecule has 16 heavy (non-hydrogen) atoms. The van der Waals surface area contributed by atoms with E-state index in [2.05, 4.69) is 9.88 Å². The van der Waals surface area contributed by atoms with Crippen LogP contribution in [0, 0.1) is 5.92 Å². The van der Waals surface area contributed by atoms with Crippen LogP contribution in [-0.4, -0.2) is 34.2 Å². The minimum Gasteiger partial charge on any atom is -0.393 e. The molecule has 2 rings (SSSR count). The molecule has 4 heteroatoms. The summed E-state index contributed by atoms with van der Waals surface area (Å²) in [6.45, 7) is 4.68. The Bertz CT molecular complexity index is 354. The Morgan fingerprint density at radius 3 is 3.06 bits per heavy atom. The summed E-state index contributed by atoms with van der Waals surface area (Å²) in [7, 11) is 0. The molecule has 1 aliphatic rings. The van der Waals surface area contributed by atoms with Crippen LogP contribution in [0.1, 0.15) is 19.0 Å². The van der Waals surface area contributed by atoms with Gasteiger partial charge in [-0.1, -0.05) is 6.07 Å². The molecule has 3 N–H and O–H groups in total. The largest absolute Gasteiger partial charge is 0.393 e. The minimum atomic E-state index is -0.209. The topological polar surface area (TPSA) is 62.4 Å². The second-order valence-electron chi connectivity index (χ2n) is 4.58. The van der Waals surface area contributed by atoms with E-state index in [-0.39, 0.29) is 6.10 Å². The molecule has 1 fully saturated rings. The van der Waals surface area contributed by atoms with Crippen LogP contribution in [0.25, 0.3) is 0 Å². The predicted octanol–water partition coefficient (Wildman–Crippen LogP) is 0.867. The average molecular weight is 221 g/mol. The predicted molar refractivity (Wildman–Crippen MR) is 63.7 cm³/mol. The molecule has 1 aromatic rings. The molecule has 2 unspecified atom stereocenters. The number of aliphatic hydroxyl groups is 1. The van der Waals surface area contributed by atoms with Crippen molar-refractivity contribution in [3.8, 4) is 0 Å². The first-order chi connectivity index (χ1) is 7.65.